The van der Waals surface area contributed by atoms with Crippen molar-refractivity contribution in [2.75, 3.05) is 13.2 Å². The first-order valence-electron chi connectivity index (χ1n) is 5.83. The monoisotopic (exact) mass is 234 g/mol. The zero-order chi connectivity index (χ0) is 12.2. The third-order valence-electron chi connectivity index (χ3n) is 2.95. The van der Waals surface area contributed by atoms with Gasteiger partial charge in [-0.3, -0.25) is 0 Å². The van der Waals surface area contributed by atoms with Crippen LogP contribution in [0.5, 0.6) is 0 Å². The Morgan fingerprint density at radius 3 is 1.65 bits per heavy atom. The van der Waals surface area contributed by atoms with Crippen LogP contribution >= 0.6 is 0 Å². The fourth-order valence-electron chi connectivity index (χ4n) is 1.93. The predicted octanol–water partition coefficient (Wildman–Crippen LogP) is 1.50. The molecule has 0 radical (unpaired) electrons. The highest BCUT2D eigenvalue weighted by Crippen LogP contribution is 2.21. The van der Waals surface area contributed by atoms with Gasteiger partial charge in [-0.25, -0.2) is 0 Å². The number of rotatable bonds is 4. The lowest BCUT2D eigenvalue weighted by molar-refractivity contribution is -0.0619. The molecule has 2 unspecified atom stereocenters. The second kappa shape index (κ2) is 5.00. The van der Waals surface area contributed by atoms with E-state index in [0.29, 0.717) is 12.8 Å². The zero-order valence-electron chi connectivity index (χ0n) is 9.75. The van der Waals surface area contributed by atoms with E-state index in [9.17, 15) is 10.2 Å². The molecule has 2 aliphatic carbocycles. The number of allylic oxidation sites excluding steroid dienone is 4. The lowest BCUT2D eigenvalue weighted by Crippen LogP contribution is -2.38. The lowest BCUT2D eigenvalue weighted by Gasteiger charge is -2.29. The van der Waals surface area contributed by atoms with Gasteiger partial charge in [0.05, 0.1) is 13.2 Å². The maximum absolute atomic E-state index is 10.1. The van der Waals surface area contributed by atoms with E-state index in [1.165, 1.54) is 0 Å². The van der Waals surface area contributed by atoms with Gasteiger partial charge in [0.2, 0.25) is 0 Å². The minimum absolute atomic E-state index is 0.202. The Balaban J connectivity index is 1.80. The van der Waals surface area contributed by atoms with Gasteiger partial charge in [0.15, 0.2) is 0 Å². The standard InChI is InChI=1S/C14H18O3/c15-13(7-3-1-4-8-13)11-17-12-14(16)9-5-2-6-10-14/h1-7,9,15-16H,8,10-12H2. The molecule has 17 heavy (non-hydrogen) atoms. The quantitative estimate of drug-likeness (QED) is 0.775. The Labute approximate surface area is 101 Å². The highest BCUT2D eigenvalue weighted by Gasteiger charge is 2.28. The van der Waals surface area contributed by atoms with Gasteiger partial charge in [-0.05, 0) is 0 Å². The average molecular weight is 234 g/mol. The Bertz CT molecular complexity index is 345. The summed E-state index contributed by atoms with van der Waals surface area (Å²) in [6, 6.07) is 0. The molecule has 0 spiro atoms. The number of ether oxygens (including phenoxy) is 1. The second-order valence-electron chi connectivity index (χ2n) is 4.68. The third-order valence-corrected chi connectivity index (χ3v) is 2.95. The van der Waals surface area contributed by atoms with Crippen LogP contribution in [0.25, 0.3) is 0 Å². The Hall–Kier alpha value is -1.16. The van der Waals surface area contributed by atoms with Crippen LogP contribution in [0.1, 0.15) is 12.8 Å². The number of hydrogen-bond donors (Lipinski definition) is 2. The summed E-state index contributed by atoms with van der Waals surface area (Å²) in [5, 5.41) is 20.2. The summed E-state index contributed by atoms with van der Waals surface area (Å²) >= 11 is 0. The maximum atomic E-state index is 10.1. The van der Waals surface area contributed by atoms with Crippen LogP contribution in [0.15, 0.2) is 48.6 Å². The predicted molar refractivity (Wildman–Crippen MR) is 66.5 cm³/mol. The van der Waals surface area contributed by atoms with E-state index >= 15 is 0 Å². The summed E-state index contributed by atoms with van der Waals surface area (Å²) in [5.74, 6) is 0. The van der Waals surface area contributed by atoms with Crippen LogP contribution in [-0.2, 0) is 4.74 Å². The first-order valence-corrected chi connectivity index (χ1v) is 5.83. The second-order valence-corrected chi connectivity index (χ2v) is 4.68. The molecule has 0 aliphatic heterocycles. The molecular formula is C14H18O3. The molecule has 0 fully saturated rings. The summed E-state index contributed by atoms with van der Waals surface area (Å²) in [4.78, 5) is 0. The van der Waals surface area contributed by atoms with Crippen molar-refractivity contribution < 1.29 is 14.9 Å². The van der Waals surface area contributed by atoms with Crippen LogP contribution < -0.4 is 0 Å². The highest BCUT2D eigenvalue weighted by atomic mass is 16.5. The van der Waals surface area contributed by atoms with Gasteiger partial charge in [0.1, 0.15) is 11.2 Å². The van der Waals surface area contributed by atoms with Crippen LogP contribution in [-0.4, -0.2) is 34.6 Å². The summed E-state index contributed by atoms with van der Waals surface area (Å²) < 4.78 is 5.45. The average Bonchev–Trinajstić information content (AvgIpc) is 2.30. The summed E-state index contributed by atoms with van der Waals surface area (Å²) in [6.07, 6.45) is 15.8. The summed E-state index contributed by atoms with van der Waals surface area (Å²) in [5.41, 5.74) is -1.86. The third kappa shape index (κ3) is 3.40. The topological polar surface area (TPSA) is 49.7 Å². The first kappa shape index (κ1) is 12.3. The molecule has 0 saturated heterocycles. The van der Waals surface area contributed by atoms with Gasteiger partial charge in [0, 0.05) is 12.8 Å². The molecule has 2 atom stereocenters. The molecule has 0 aromatic heterocycles. The van der Waals surface area contributed by atoms with Crippen molar-refractivity contribution >= 4 is 0 Å². The van der Waals surface area contributed by atoms with Crippen molar-refractivity contribution in [2.45, 2.75) is 24.0 Å². The molecule has 3 nitrogen and oxygen atoms in total. The van der Waals surface area contributed by atoms with E-state index in [1.54, 1.807) is 12.2 Å². The number of hydrogen-bond acceptors (Lipinski definition) is 3. The molecule has 2 rings (SSSR count). The van der Waals surface area contributed by atoms with Gasteiger partial charge in [-0.2, -0.15) is 0 Å². The van der Waals surface area contributed by atoms with Gasteiger partial charge in [-0.1, -0.05) is 48.6 Å². The van der Waals surface area contributed by atoms with Crippen LogP contribution in [0.3, 0.4) is 0 Å². The fourth-order valence-corrected chi connectivity index (χ4v) is 1.93. The molecule has 0 saturated carbocycles. The van der Waals surface area contributed by atoms with Crippen molar-refractivity contribution in [1.82, 2.24) is 0 Å². The first-order chi connectivity index (χ1) is 8.12. The molecule has 0 amide bonds. The van der Waals surface area contributed by atoms with E-state index in [-0.39, 0.29) is 13.2 Å². The molecule has 92 valence electrons. The summed E-state index contributed by atoms with van der Waals surface area (Å²) in [6.45, 7) is 0.404. The molecular weight excluding hydrogens is 216 g/mol. The van der Waals surface area contributed by atoms with Crippen molar-refractivity contribution in [1.29, 1.82) is 0 Å². The fraction of sp³-hybridized carbons (Fsp3) is 0.429. The van der Waals surface area contributed by atoms with E-state index in [4.69, 9.17) is 4.74 Å². The molecule has 0 aromatic rings. The van der Waals surface area contributed by atoms with Crippen molar-refractivity contribution in [2.24, 2.45) is 0 Å². The minimum atomic E-state index is -0.931. The molecule has 0 heterocycles. The van der Waals surface area contributed by atoms with Crippen LogP contribution in [0.4, 0.5) is 0 Å². The lowest BCUT2D eigenvalue weighted by atomic mass is 9.95. The molecule has 0 bridgehead atoms. The molecule has 2 N–H and O–H groups in total. The van der Waals surface area contributed by atoms with Crippen LogP contribution in [0, 0.1) is 0 Å². The van der Waals surface area contributed by atoms with E-state index in [1.807, 2.05) is 36.5 Å². The minimum Gasteiger partial charge on any atom is -0.383 e. The van der Waals surface area contributed by atoms with Gasteiger partial charge in [-0.15, -0.1) is 0 Å². The van der Waals surface area contributed by atoms with Crippen LogP contribution in [0.2, 0.25) is 0 Å². The molecule has 3 heteroatoms. The van der Waals surface area contributed by atoms with Crippen molar-refractivity contribution in [3.63, 3.8) is 0 Å². The van der Waals surface area contributed by atoms with Crippen molar-refractivity contribution in [3.05, 3.63) is 48.6 Å². The van der Waals surface area contributed by atoms with E-state index < -0.39 is 11.2 Å². The van der Waals surface area contributed by atoms with Crippen molar-refractivity contribution in [3.8, 4) is 0 Å². The summed E-state index contributed by atoms with van der Waals surface area (Å²) in [7, 11) is 0. The van der Waals surface area contributed by atoms with E-state index in [0.717, 1.165) is 0 Å². The maximum Gasteiger partial charge on any atom is 0.110 e. The Kier molecular flexibility index (Phi) is 3.62. The SMILES string of the molecule is OC1(COCC2(O)C=CC=CC2)C=CC=CC1. The number of aliphatic hydroxyl groups is 2. The Morgan fingerprint density at radius 1 is 0.824 bits per heavy atom. The van der Waals surface area contributed by atoms with E-state index in [2.05, 4.69) is 0 Å². The highest BCUT2D eigenvalue weighted by molar-refractivity contribution is 5.19. The molecule has 0 aromatic carbocycles. The van der Waals surface area contributed by atoms with Gasteiger partial charge in [0.25, 0.3) is 0 Å². The largest absolute Gasteiger partial charge is 0.383 e. The zero-order valence-corrected chi connectivity index (χ0v) is 9.75. The van der Waals surface area contributed by atoms with Gasteiger partial charge >= 0.3 is 0 Å². The molecule has 2 aliphatic rings. The van der Waals surface area contributed by atoms with Gasteiger partial charge < -0.3 is 14.9 Å². The smallest absolute Gasteiger partial charge is 0.110 e. The Morgan fingerprint density at radius 2 is 1.29 bits per heavy atom. The normalized spacial score (nSPS) is 35.4.